The van der Waals surface area contributed by atoms with Crippen LogP contribution in [0.2, 0.25) is 0 Å². The molecule has 0 radical (unpaired) electrons. The van der Waals surface area contributed by atoms with Crippen molar-refractivity contribution < 1.29 is 4.74 Å². The first-order valence-electron chi connectivity index (χ1n) is 5.65. The van der Waals surface area contributed by atoms with Crippen LogP contribution in [0.25, 0.3) is 0 Å². The minimum Gasteiger partial charge on any atom is -0.489 e. The van der Waals surface area contributed by atoms with E-state index < -0.39 is 0 Å². The first-order valence-corrected chi connectivity index (χ1v) is 5.65. The van der Waals surface area contributed by atoms with Gasteiger partial charge in [0.2, 0.25) is 0 Å². The Morgan fingerprint density at radius 3 is 2.76 bits per heavy atom. The highest BCUT2D eigenvalue weighted by Crippen LogP contribution is 2.13. The summed E-state index contributed by atoms with van der Waals surface area (Å²) in [5, 5.41) is 3.07. The molecule has 1 aromatic carbocycles. The smallest absolute Gasteiger partial charge is 0.123 e. The molecule has 0 atom stereocenters. The van der Waals surface area contributed by atoms with E-state index in [2.05, 4.69) is 22.4 Å². The van der Waals surface area contributed by atoms with Gasteiger partial charge in [-0.05, 0) is 18.7 Å². The zero-order valence-corrected chi connectivity index (χ0v) is 9.89. The van der Waals surface area contributed by atoms with Crippen molar-refractivity contribution in [3.05, 3.63) is 59.9 Å². The topological polar surface area (TPSA) is 34.1 Å². The summed E-state index contributed by atoms with van der Waals surface area (Å²) < 4.78 is 5.71. The second-order valence-corrected chi connectivity index (χ2v) is 3.79. The first-order chi connectivity index (χ1) is 8.38. The highest BCUT2D eigenvalue weighted by atomic mass is 16.5. The van der Waals surface area contributed by atoms with E-state index in [1.54, 1.807) is 6.20 Å². The van der Waals surface area contributed by atoms with E-state index in [1.807, 2.05) is 37.4 Å². The monoisotopic (exact) mass is 228 g/mol. The average molecular weight is 228 g/mol. The first kappa shape index (κ1) is 11.6. The summed E-state index contributed by atoms with van der Waals surface area (Å²) in [6.07, 6.45) is 1.77. The van der Waals surface area contributed by atoms with E-state index in [0.29, 0.717) is 6.61 Å². The van der Waals surface area contributed by atoms with Crippen molar-refractivity contribution in [1.82, 2.24) is 10.3 Å². The van der Waals surface area contributed by atoms with Gasteiger partial charge in [0.05, 0.1) is 5.69 Å². The normalized spacial score (nSPS) is 10.2. The molecule has 17 heavy (non-hydrogen) atoms. The number of benzene rings is 1. The third-order valence-electron chi connectivity index (χ3n) is 2.39. The number of rotatable bonds is 5. The molecule has 0 aliphatic heterocycles. The fraction of sp³-hybridized carbons (Fsp3) is 0.214. The Bertz CT molecular complexity index is 457. The van der Waals surface area contributed by atoms with E-state index >= 15 is 0 Å². The number of nitrogens with zero attached hydrogens (tertiary/aromatic N) is 1. The van der Waals surface area contributed by atoms with E-state index in [-0.39, 0.29) is 0 Å². The number of ether oxygens (including phenoxy) is 1. The molecule has 0 saturated carbocycles. The highest BCUT2D eigenvalue weighted by molar-refractivity contribution is 5.23. The van der Waals surface area contributed by atoms with Gasteiger partial charge in [0.25, 0.3) is 0 Å². The van der Waals surface area contributed by atoms with Gasteiger partial charge >= 0.3 is 0 Å². The Hall–Kier alpha value is -1.87. The predicted octanol–water partition coefficient (Wildman–Crippen LogP) is 2.38. The van der Waals surface area contributed by atoms with E-state index in [4.69, 9.17) is 4.74 Å². The lowest BCUT2D eigenvalue weighted by Crippen LogP contribution is -2.07. The van der Waals surface area contributed by atoms with Gasteiger partial charge in [-0.25, -0.2) is 0 Å². The van der Waals surface area contributed by atoms with Crippen LogP contribution in [0.4, 0.5) is 0 Å². The van der Waals surface area contributed by atoms with Crippen LogP contribution in [0.3, 0.4) is 0 Å². The zero-order chi connectivity index (χ0) is 11.9. The molecular weight excluding hydrogens is 212 g/mol. The predicted molar refractivity (Wildman–Crippen MR) is 67.8 cm³/mol. The van der Waals surface area contributed by atoms with Crippen LogP contribution in [0.5, 0.6) is 5.75 Å². The molecule has 3 heteroatoms. The number of hydrogen-bond donors (Lipinski definition) is 1. The quantitative estimate of drug-likeness (QED) is 0.853. The van der Waals surface area contributed by atoms with E-state index in [0.717, 1.165) is 18.0 Å². The van der Waals surface area contributed by atoms with Crippen LogP contribution in [0, 0.1) is 0 Å². The molecule has 0 bridgehead atoms. The molecular formula is C14H16N2O. The largest absolute Gasteiger partial charge is 0.489 e. The van der Waals surface area contributed by atoms with Gasteiger partial charge in [0.15, 0.2) is 0 Å². The second kappa shape index (κ2) is 6.01. The van der Waals surface area contributed by atoms with Crippen molar-refractivity contribution in [2.24, 2.45) is 0 Å². The Morgan fingerprint density at radius 1 is 1.18 bits per heavy atom. The minimum absolute atomic E-state index is 0.587. The molecule has 0 saturated heterocycles. The number of aromatic nitrogens is 1. The number of pyridine rings is 1. The van der Waals surface area contributed by atoms with Crippen molar-refractivity contribution in [3.63, 3.8) is 0 Å². The highest BCUT2D eigenvalue weighted by Gasteiger charge is 1.98. The fourth-order valence-electron chi connectivity index (χ4n) is 1.56. The summed E-state index contributed by atoms with van der Waals surface area (Å²) in [6, 6.07) is 14.0. The lowest BCUT2D eigenvalue weighted by Gasteiger charge is -2.07. The van der Waals surface area contributed by atoms with Gasteiger partial charge < -0.3 is 10.1 Å². The average Bonchev–Trinajstić information content (AvgIpc) is 2.39. The molecule has 1 heterocycles. The molecule has 0 aliphatic rings. The summed E-state index contributed by atoms with van der Waals surface area (Å²) in [7, 11) is 1.90. The van der Waals surface area contributed by atoms with Gasteiger partial charge in [0, 0.05) is 18.8 Å². The molecule has 1 N–H and O–H groups in total. The van der Waals surface area contributed by atoms with Crippen molar-refractivity contribution in [2.75, 3.05) is 7.05 Å². The molecule has 0 fully saturated rings. The Kier molecular flexibility index (Phi) is 4.11. The molecule has 0 amide bonds. The van der Waals surface area contributed by atoms with Crippen LogP contribution < -0.4 is 10.1 Å². The lowest BCUT2D eigenvalue weighted by atomic mass is 10.2. The molecule has 0 aliphatic carbocycles. The minimum atomic E-state index is 0.587. The van der Waals surface area contributed by atoms with Crippen LogP contribution in [0.1, 0.15) is 11.3 Å². The van der Waals surface area contributed by atoms with Crippen LogP contribution in [0.15, 0.2) is 48.7 Å². The Morgan fingerprint density at radius 2 is 2.00 bits per heavy atom. The third kappa shape index (κ3) is 3.57. The summed E-state index contributed by atoms with van der Waals surface area (Å²) in [4.78, 5) is 4.24. The number of nitrogens with one attached hydrogen (secondary N) is 1. The SMILES string of the molecule is CNCc1cc(OCc2ccccc2)ccn1. The van der Waals surface area contributed by atoms with Crippen LogP contribution in [-0.2, 0) is 13.2 Å². The van der Waals surface area contributed by atoms with E-state index in [1.165, 1.54) is 5.56 Å². The molecule has 2 aromatic rings. The van der Waals surface area contributed by atoms with Crippen molar-refractivity contribution in [1.29, 1.82) is 0 Å². The van der Waals surface area contributed by atoms with Gasteiger partial charge in [-0.2, -0.15) is 0 Å². The standard InChI is InChI=1S/C14H16N2O/c1-15-10-13-9-14(7-8-16-13)17-11-12-5-3-2-4-6-12/h2-9,15H,10-11H2,1H3. The molecule has 1 aromatic heterocycles. The van der Waals surface area contributed by atoms with Crippen molar-refractivity contribution in [2.45, 2.75) is 13.2 Å². The lowest BCUT2D eigenvalue weighted by molar-refractivity contribution is 0.305. The third-order valence-corrected chi connectivity index (χ3v) is 2.39. The van der Waals surface area contributed by atoms with Gasteiger partial charge in [-0.3, -0.25) is 4.98 Å². The summed E-state index contributed by atoms with van der Waals surface area (Å²) in [6.45, 7) is 1.34. The molecule has 2 rings (SSSR count). The van der Waals surface area contributed by atoms with E-state index in [9.17, 15) is 0 Å². The van der Waals surface area contributed by atoms with Gasteiger partial charge in [-0.15, -0.1) is 0 Å². The maximum Gasteiger partial charge on any atom is 0.123 e. The summed E-state index contributed by atoms with van der Waals surface area (Å²) in [5.41, 5.74) is 2.15. The summed E-state index contributed by atoms with van der Waals surface area (Å²) in [5.74, 6) is 0.856. The van der Waals surface area contributed by atoms with Gasteiger partial charge in [-0.1, -0.05) is 30.3 Å². The fourth-order valence-corrected chi connectivity index (χ4v) is 1.56. The maximum absolute atomic E-state index is 5.71. The summed E-state index contributed by atoms with van der Waals surface area (Å²) >= 11 is 0. The van der Waals surface area contributed by atoms with Crippen molar-refractivity contribution in [3.8, 4) is 5.75 Å². The molecule has 0 unspecified atom stereocenters. The zero-order valence-electron chi connectivity index (χ0n) is 9.89. The Balaban J connectivity index is 1.97. The molecule has 0 spiro atoms. The van der Waals surface area contributed by atoms with Crippen LogP contribution >= 0.6 is 0 Å². The maximum atomic E-state index is 5.71. The van der Waals surface area contributed by atoms with Crippen molar-refractivity contribution >= 4 is 0 Å². The molecule has 88 valence electrons. The second-order valence-electron chi connectivity index (χ2n) is 3.79. The van der Waals surface area contributed by atoms with Crippen LogP contribution in [-0.4, -0.2) is 12.0 Å². The number of hydrogen-bond acceptors (Lipinski definition) is 3. The van der Waals surface area contributed by atoms with Gasteiger partial charge in [0.1, 0.15) is 12.4 Å². The molecule has 3 nitrogen and oxygen atoms in total. The Labute approximate surface area is 101 Å².